The molecular formula is C30H27F2N7O3. The maximum atomic E-state index is 14.8. The normalized spacial score (nSPS) is 12.9. The molecule has 0 aliphatic carbocycles. The van der Waals surface area contributed by atoms with Crippen LogP contribution in [-0.4, -0.2) is 40.1 Å². The Hall–Kier alpha value is -5.23. The maximum absolute atomic E-state index is 14.8. The van der Waals surface area contributed by atoms with Crippen molar-refractivity contribution in [3.8, 4) is 5.69 Å². The third-order valence-electron chi connectivity index (χ3n) is 6.94. The highest BCUT2D eigenvalue weighted by Crippen LogP contribution is 2.28. The van der Waals surface area contributed by atoms with Gasteiger partial charge in [0.2, 0.25) is 5.91 Å². The largest absolute Gasteiger partial charge is 0.381 e. The molecule has 1 amide bonds. The van der Waals surface area contributed by atoms with Gasteiger partial charge in [-0.25, -0.2) is 32.5 Å². The number of benzene rings is 3. The average molecular weight is 572 g/mol. The Balaban J connectivity index is 1.33. The summed E-state index contributed by atoms with van der Waals surface area (Å²) in [5.41, 5.74) is 1.28. The molecule has 214 valence electrons. The van der Waals surface area contributed by atoms with E-state index in [1.54, 1.807) is 30.3 Å². The van der Waals surface area contributed by atoms with Crippen LogP contribution in [0.1, 0.15) is 22.3 Å². The summed E-state index contributed by atoms with van der Waals surface area (Å²) in [4.78, 5) is 29.5. The zero-order valence-corrected chi connectivity index (χ0v) is 22.8. The van der Waals surface area contributed by atoms with E-state index in [1.807, 2.05) is 32.0 Å². The van der Waals surface area contributed by atoms with Crippen LogP contribution in [0.5, 0.6) is 0 Å². The van der Waals surface area contributed by atoms with Gasteiger partial charge in [-0.05, 0) is 66.9 Å². The van der Waals surface area contributed by atoms with Crippen molar-refractivity contribution < 1.29 is 18.7 Å². The third-order valence-corrected chi connectivity index (χ3v) is 6.94. The molecule has 12 heteroatoms. The number of rotatable bonds is 9. The molecule has 0 spiro atoms. The lowest BCUT2D eigenvalue weighted by Gasteiger charge is -2.28. The number of amides is 1. The van der Waals surface area contributed by atoms with Gasteiger partial charge in [0.1, 0.15) is 36.2 Å². The first-order valence-corrected chi connectivity index (χ1v) is 12.9. The van der Waals surface area contributed by atoms with Crippen molar-refractivity contribution in [2.75, 3.05) is 5.32 Å². The van der Waals surface area contributed by atoms with Gasteiger partial charge in [-0.3, -0.25) is 4.79 Å². The number of nitrogens with one attached hydrogen (secondary N) is 1. The molecular weight excluding hydrogens is 544 g/mol. The van der Waals surface area contributed by atoms with Crippen LogP contribution < -0.4 is 11.0 Å². The molecule has 0 saturated carbocycles. The standard InChI is InChI=1S/C30H27F2N7O3/c1-20-4-3-5-22(21(20)2)6-13-28(40)36-24-8-10-25(11-9-24)38-19-35-39(29(38)41)16-30(42,15-37-18-33-17-34-37)26-12-7-23(31)14-27(26)32/h3-14,17-19,42H,15-16H2,1-2H3,(H,36,40)/b13-6+/t30-/m0/s1. The highest BCUT2D eigenvalue weighted by molar-refractivity contribution is 6.02. The molecule has 2 N–H and O–H groups in total. The monoisotopic (exact) mass is 571 g/mol. The highest BCUT2D eigenvalue weighted by atomic mass is 19.1. The van der Waals surface area contributed by atoms with E-state index in [0.29, 0.717) is 17.4 Å². The van der Waals surface area contributed by atoms with Crippen LogP contribution in [0.4, 0.5) is 14.5 Å². The van der Waals surface area contributed by atoms with Gasteiger partial charge >= 0.3 is 5.69 Å². The lowest BCUT2D eigenvalue weighted by molar-refractivity contribution is -0.111. The molecule has 2 heterocycles. The Morgan fingerprint density at radius 2 is 1.81 bits per heavy atom. The first kappa shape index (κ1) is 28.3. The molecule has 0 fully saturated rings. The predicted octanol–water partition coefficient (Wildman–Crippen LogP) is 3.76. The second-order valence-electron chi connectivity index (χ2n) is 9.85. The number of aromatic nitrogens is 6. The van der Waals surface area contributed by atoms with Crippen LogP contribution in [0.2, 0.25) is 0 Å². The minimum atomic E-state index is -2.02. The van der Waals surface area contributed by atoms with Crippen LogP contribution >= 0.6 is 0 Å². The molecule has 0 bridgehead atoms. The minimum Gasteiger partial charge on any atom is -0.381 e. The van der Waals surface area contributed by atoms with Gasteiger partial charge in [-0.1, -0.05) is 24.3 Å². The number of anilines is 1. The second-order valence-corrected chi connectivity index (χ2v) is 9.85. The van der Waals surface area contributed by atoms with Crippen LogP contribution in [0.3, 0.4) is 0 Å². The number of carbonyl (C=O) groups is 1. The molecule has 5 aromatic rings. The number of hydrogen-bond donors (Lipinski definition) is 2. The SMILES string of the molecule is Cc1cccc(/C=C/C(=O)Nc2ccc(-n3cnn(C[C@@](O)(Cn4cncn4)c4ccc(F)cc4F)c3=O)cc2)c1C. The smallest absolute Gasteiger partial charge is 0.350 e. The summed E-state index contributed by atoms with van der Waals surface area (Å²) in [6.45, 7) is 3.27. The van der Waals surface area contributed by atoms with Crippen molar-refractivity contribution >= 4 is 17.7 Å². The molecule has 0 aliphatic heterocycles. The van der Waals surface area contributed by atoms with E-state index in [2.05, 4.69) is 20.5 Å². The minimum absolute atomic E-state index is 0.229. The number of carbonyl (C=O) groups excluding carboxylic acids is 1. The van der Waals surface area contributed by atoms with E-state index in [0.717, 1.165) is 33.5 Å². The van der Waals surface area contributed by atoms with Crippen molar-refractivity contribution in [2.45, 2.75) is 32.5 Å². The fraction of sp³-hybridized carbons (Fsp3) is 0.167. The molecule has 10 nitrogen and oxygen atoms in total. The molecule has 0 saturated heterocycles. The fourth-order valence-corrected chi connectivity index (χ4v) is 4.55. The molecule has 0 aliphatic rings. The Morgan fingerprint density at radius 3 is 2.52 bits per heavy atom. The number of hydrogen-bond acceptors (Lipinski definition) is 6. The Morgan fingerprint density at radius 1 is 1.02 bits per heavy atom. The van der Waals surface area contributed by atoms with Gasteiger partial charge in [-0.15, -0.1) is 0 Å². The summed E-state index contributed by atoms with van der Waals surface area (Å²) < 4.78 is 31.8. The average Bonchev–Trinajstić information content (AvgIpc) is 3.59. The zero-order valence-electron chi connectivity index (χ0n) is 22.8. The van der Waals surface area contributed by atoms with Gasteiger partial charge in [0.15, 0.2) is 0 Å². The number of aryl methyl sites for hydroxylation is 1. The molecule has 0 radical (unpaired) electrons. The third kappa shape index (κ3) is 6.08. The highest BCUT2D eigenvalue weighted by Gasteiger charge is 2.35. The van der Waals surface area contributed by atoms with Crippen LogP contribution in [-0.2, 0) is 23.5 Å². The summed E-state index contributed by atoms with van der Waals surface area (Å²) >= 11 is 0. The van der Waals surface area contributed by atoms with E-state index in [1.165, 1.54) is 34.3 Å². The van der Waals surface area contributed by atoms with Crippen molar-refractivity contribution in [2.24, 2.45) is 0 Å². The fourth-order valence-electron chi connectivity index (χ4n) is 4.55. The number of aliphatic hydroxyl groups is 1. The Kier molecular flexibility index (Phi) is 7.89. The van der Waals surface area contributed by atoms with Crippen LogP contribution in [0, 0.1) is 25.5 Å². The van der Waals surface area contributed by atoms with E-state index < -0.39 is 29.5 Å². The van der Waals surface area contributed by atoms with E-state index >= 15 is 0 Å². The number of nitrogens with zero attached hydrogens (tertiary/aromatic N) is 6. The van der Waals surface area contributed by atoms with Crippen molar-refractivity contribution in [1.29, 1.82) is 0 Å². The predicted molar refractivity (Wildman–Crippen MR) is 152 cm³/mol. The number of halogens is 2. The second kappa shape index (κ2) is 11.7. The van der Waals surface area contributed by atoms with Gasteiger partial charge < -0.3 is 10.4 Å². The van der Waals surface area contributed by atoms with Crippen molar-refractivity contribution in [1.82, 2.24) is 29.1 Å². The lowest BCUT2D eigenvalue weighted by Crippen LogP contribution is -2.41. The van der Waals surface area contributed by atoms with Crippen LogP contribution in [0.25, 0.3) is 11.8 Å². The first-order valence-electron chi connectivity index (χ1n) is 12.9. The quantitative estimate of drug-likeness (QED) is 0.260. The topological polar surface area (TPSA) is 120 Å². The summed E-state index contributed by atoms with van der Waals surface area (Å²) in [6, 6.07) is 15.2. The van der Waals surface area contributed by atoms with Gasteiger partial charge in [0.05, 0.1) is 18.8 Å². The molecule has 1 atom stereocenters. The van der Waals surface area contributed by atoms with E-state index in [9.17, 15) is 23.5 Å². The maximum Gasteiger partial charge on any atom is 0.350 e. The summed E-state index contributed by atoms with van der Waals surface area (Å²) in [5.74, 6) is -2.10. The summed E-state index contributed by atoms with van der Waals surface area (Å²) in [6.07, 6.45) is 7.04. The van der Waals surface area contributed by atoms with Crippen LogP contribution in [0.15, 0.2) is 90.5 Å². The van der Waals surface area contributed by atoms with E-state index in [-0.39, 0.29) is 18.0 Å². The van der Waals surface area contributed by atoms with E-state index in [4.69, 9.17) is 0 Å². The zero-order chi connectivity index (χ0) is 29.9. The van der Waals surface area contributed by atoms with Gasteiger partial charge in [0, 0.05) is 23.4 Å². The summed E-state index contributed by atoms with van der Waals surface area (Å²) in [5, 5.41) is 22.4. The van der Waals surface area contributed by atoms with Gasteiger partial charge in [-0.2, -0.15) is 10.2 Å². The first-order chi connectivity index (χ1) is 20.1. The summed E-state index contributed by atoms with van der Waals surface area (Å²) in [7, 11) is 0. The molecule has 2 aromatic heterocycles. The molecule has 0 unspecified atom stereocenters. The molecule has 5 rings (SSSR count). The lowest BCUT2D eigenvalue weighted by atomic mass is 9.93. The molecule has 3 aromatic carbocycles. The van der Waals surface area contributed by atoms with Crippen molar-refractivity contribution in [3.63, 3.8) is 0 Å². The van der Waals surface area contributed by atoms with Crippen molar-refractivity contribution in [3.05, 3.63) is 130 Å². The van der Waals surface area contributed by atoms with Gasteiger partial charge in [0.25, 0.3) is 0 Å². The Bertz CT molecular complexity index is 1810. The molecule has 42 heavy (non-hydrogen) atoms. The Labute approximate surface area is 239 Å².